The van der Waals surface area contributed by atoms with E-state index in [1.54, 1.807) is 30.5 Å². The van der Waals surface area contributed by atoms with Crippen LogP contribution in [0.5, 0.6) is 0 Å². The van der Waals surface area contributed by atoms with Gasteiger partial charge in [0.25, 0.3) is 11.9 Å². The first-order valence-corrected chi connectivity index (χ1v) is 11.5. The second kappa shape index (κ2) is 11.3. The van der Waals surface area contributed by atoms with E-state index in [-0.39, 0.29) is 24.2 Å². The number of aromatic amines is 1. The smallest absolute Gasteiger partial charge is 0.337 e. The number of methoxy groups -OCH3 is 1. The Balaban J connectivity index is 1.67. The molecule has 2 aromatic carbocycles. The van der Waals surface area contributed by atoms with Crippen molar-refractivity contribution in [1.82, 2.24) is 30.2 Å². The minimum atomic E-state index is -0.416. The highest BCUT2D eigenvalue weighted by Crippen LogP contribution is 2.19. The molecular formula is C25H26FN7O3. The Labute approximate surface area is 207 Å². The van der Waals surface area contributed by atoms with Crippen LogP contribution in [-0.4, -0.2) is 49.2 Å². The van der Waals surface area contributed by atoms with E-state index in [1.165, 1.54) is 24.1 Å². The number of amides is 1. The van der Waals surface area contributed by atoms with E-state index in [4.69, 9.17) is 4.74 Å². The number of imidazole rings is 1. The zero-order chi connectivity index (χ0) is 25.5. The lowest BCUT2D eigenvalue weighted by Gasteiger charge is -2.20. The van der Waals surface area contributed by atoms with Crippen LogP contribution in [-0.2, 0) is 24.2 Å². The molecule has 0 saturated carbocycles. The molecule has 1 N–H and O–H groups in total. The Morgan fingerprint density at radius 3 is 2.44 bits per heavy atom. The molecule has 0 aliphatic heterocycles. The summed E-state index contributed by atoms with van der Waals surface area (Å²) in [6, 6.07) is 12.9. The molecule has 2 heterocycles. The Morgan fingerprint density at radius 1 is 1.08 bits per heavy atom. The molecule has 0 unspecified atom stereocenters. The third-order valence-corrected chi connectivity index (χ3v) is 5.70. The number of aromatic nitrogens is 6. The van der Waals surface area contributed by atoms with Crippen molar-refractivity contribution in [3.63, 3.8) is 0 Å². The molecule has 0 aliphatic carbocycles. The van der Waals surface area contributed by atoms with Crippen molar-refractivity contribution in [1.29, 1.82) is 0 Å². The fourth-order valence-electron chi connectivity index (χ4n) is 3.76. The highest BCUT2D eigenvalue weighted by molar-refractivity contribution is 6.03. The van der Waals surface area contributed by atoms with Gasteiger partial charge in [-0.2, -0.15) is 5.21 Å². The molecule has 11 heteroatoms. The van der Waals surface area contributed by atoms with Gasteiger partial charge in [0.15, 0.2) is 0 Å². The van der Waals surface area contributed by atoms with Gasteiger partial charge in [-0.15, -0.1) is 5.10 Å². The van der Waals surface area contributed by atoms with Crippen molar-refractivity contribution < 1.29 is 18.7 Å². The van der Waals surface area contributed by atoms with E-state index in [0.717, 1.165) is 24.2 Å². The molecule has 36 heavy (non-hydrogen) atoms. The number of hydrogen-bond donors (Lipinski definition) is 1. The number of carbonyl (C=O) groups excluding carboxylic acids is 2. The third kappa shape index (κ3) is 5.62. The van der Waals surface area contributed by atoms with Crippen LogP contribution in [0, 0.1) is 5.82 Å². The van der Waals surface area contributed by atoms with Crippen molar-refractivity contribution in [3.05, 3.63) is 88.8 Å². The van der Waals surface area contributed by atoms with Gasteiger partial charge in [-0.25, -0.2) is 14.2 Å². The number of carbonyl (C=O) groups is 2. The lowest BCUT2D eigenvalue weighted by molar-refractivity contribution is 0.0600. The van der Waals surface area contributed by atoms with Crippen LogP contribution in [0.4, 0.5) is 10.3 Å². The molecule has 0 bridgehead atoms. The molecule has 2 aromatic heterocycles. The van der Waals surface area contributed by atoms with Crippen molar-refractivity contribution in [3.8, 4) is 0 Å². The van der Waals surface area contributed by atoms with Gasteiger partial charge in [0.1, 0.15) is 17.3 Å². The predicted molar refractivity (Wildman–Crippen MR) is 129 cm³/mol. The molecule has 4 rings (SSSR count). The van der Waals surface area contributed by atoms with Gasteiger partial charge in [0.05, 0.1) is 25.4 Å². The maximum absolute atomic E-state index is 13.8. The zero-order valence-electron chi connectivity index (χ0n) is 20.0. The maximum Gasteiger partial charge on any atom is 0.337 e. The van der Waals surface area contributed by atoms with Crippen molar-refractivity contribution in [2.45, 2.75) is 39.3 Å². The number of anilines is 1. The summed E-state index contributed by atoms with van der Waals surface area (Å²) in [5.74, 6) is -0.294. The van der Waals surface area contributed by atoms with Crippen molar-refractivity contribution >= 4 is 17.8 Å². The number of rotatable bonds is 10. The van der Waals surface area contributed by atoms with Crippen LogP contribution >= 0.6 is 0 Å². The minimum absolute atomic E-state index is 0.0922. The van der Waals surface area contributed by atoms with Crippen LogP contribution in [0.2, 0.25) is 0 Å². The number of halogens is 1. The summed E-state index contributed by atoms with van der Waals surface area (Å²) in [6.45, 7) is 2.58. The van der Waals surface area contributed by atoms with Crippen LogP contribution in [0.3, 0.4) is 0 Å². The normalized spacial score (nSPS) is 10.9. The summed E-state index contributed by atoms with van der Waals surface area (Å²) in [7, 11) is 1.33. The number of nitrogens with zero attached hydrogens (tertiary/aromatic N) is 6. The van der Waals surface area contributed by atoms with E-state index in [9.17, 15) is 14.0 Å². The topological polar surface area (TPSA) is 119 Å². The lowest BCUT2D eigenvalue weighted by Crippen LogP contribution is -2.33. The molecule has 186 valence electrons. The molecular weight excluding hydrogens is 465 g/mol. The van der Waals surface area contributed by atoms with Crippen LogP contribution in [0.15, 0.2) is 54.7 Å². The molecule has 0 fully saturated rings. The lowest BCUT2D eigenvalue weighted by atomic mass is 10.1. The standard InChI is InChI=1S/C25H26FN7O3/c1-3-4-5-22-27-14-21(32(22)15-17-6-10-19(11-7-17)24(35)36-2)23(34)33(25-28-30-31-29-25)16-18-8-12-20(26)13-9-18/h6-14H,3-5,15-16H2,1-2H3,(H,28,29,30,31). The Morgan fingerprint density at radius 2 is 1.81 bits per heavy atom. The summed E-state index contributed by atoms with van der Waals surface area (Å²) in [4.78, 5) is 31.5. The fraction of sp³-hybridized carbons (Fsp3) is 0.280. The Bertz CT molecular complexity index is 1300. The largest absolute Gasteiger partial charge is 0.465 e. The number of ether oxygens (including phenoxy) is 1. The summed E-state index contributed by atoms with van der Waals surface area (Å²) in [5.41, 5.74) is 2.38. The Kier molecular flexibility index (Phi) is 7.79. The summed E-state index contributed by atoms with van der Waals surface area (Å²) >= 11 is 0. The average molecular weight is 492 g/mol. The van der Waals surface area contributed by atoms with Crippen molar-refractivity contribution in [2.75, 3.05) is 12.0 Å². The molecule has 0 aliphatic rings. The van der Waals surface area contributed by atoms with Gasteiger partial charge in [-0.3, -0.25) is 9.69 Å². The first-order valence-electron chi connectivity index (χ1n) is 11.5. The first kappa shape index (κ1) is 24.7. The average Bonchev–Trinajstić information content (AvgIpc) is 3.57. The highest BCUT2D eigenvalue weighted by Gasteiger charge is 2.26. The second-order valence-corrected chi connectivity index (χ2v) is 8.17. The molecule has 4 aromatic rings. The van der Waals surface area contributed by atoms with Gasteiger partial charge < -0.3 is 9.30 Å². The molecule has 0 atom stereocenters. The number of H-pyrrole nitrogens is 1. The Hall–Kier alpha value is -4.41. The number of hydrogen-bond acceptors (Lipinski definition) is 7. The van der Waals surface area contributed by atoms with E-state index < -0.39 is 5.97 Å². The molecule has 10 nitrogen and oxygen atoms in total. The number of tetrazole rings is 1. The molecule has 1 amide bonds. The number of esters is 1. The minimum Gasteiger partial charge on any atom is -0.465 e. The third-order valence-electron chi connectivity index (χ3n) is 5.70. The second-order valence-electron chi connectivity index (χ2n) is 8.17. The maximum atomic E-state index is 13.8. The van der Waals surface area contributed by atoms with Gasteiger partial charge in [0.2, 0.25) is 0 Å². The van der Waals surface area contributed by atoms with Gasteiger partial charge >= 0.3 is 5.97 Å². The van der Waals surface area contributed by atoms with Crippen molar-refractivity contribution in [2.24, 2.45) is 0 Å². The first-order chi connectivity index (χ1) is 17.5. The van der Waals surface area contributed by atoms with E-state index >= 15 is 0 Å². The summed E-state index contributed by atoms with van der Waals surface area (Å²) in [6.07, 6.45) is 4.14. The quantitative estimate of drug-likeness (QED) is 0.337. The summed E-state index contributed by atoms with van der Waals surface area (Å²) in [5, 5.41) is 13.9. The summed E-state index contributed by atoms with van der Waals surface area (Å²) < 4.78 is 20.0. The number of aryl methyl sites for hydroxylation is 1. The van der Waals surface area contributed by atoms with Crippen LogP contribution < -0.4 is 4.90 Å². The zero-order valence-corrected chi connectivity index (χ0v) is 20.0. The number of benzene rings is 2. The van der Waals surface area contributed by atoms with Gasteiger partial charge in [-0.1, -0.05) is 42.7 Å². The molecule has 0 saturated heterocycles. The van der Waals surface area contributed by atoms with Crippen LogP contribution in [0.1, 0.15) is 57.6 Å². The van der Waals surface area contributed by atoms with E-state index in [1.807, 2.05) is 16.7 Å². The monoisotopic (exact) mass is 491 g/mol. The van der Waals surface area contributed by atoms with E-state index in [0.29, 0.717) is 29.8 Å². The number of unbranched alkanes of at least 4 members (excludes halogenated alkanes) is 1. The van der Waals surface area contributed by atoms with Gasteiger partial charge in [0, 0.05) is 13.0 Å². The predicted octanol–water partition coefficient (Wildman–Crippen LogP) is 3.56. The molecule has 0 radical (unpaired) electrons. The highest BCUT2D eigenvalue weighted by atomic mass is 19.1. The SMILES string of the molecule is CCCCc1ncc(C(=O)N(Cc2ccc(F)cc2)c2nn[nH]n2)n1Cc1ccc(C(=O)OC)cc1. The number of nitrogens with one attached hydrogen (secondary N) is 1. The molecule has 0 spiro atoms. The fourth-order valence-corrected chi connectivity index (χ4v) is 3.76. The van der Waals surface area contributed by atoms with Crippen LogP contribution in [0.25, 0.3) is 0 Å². The van der Waals surface area contributed by atoms with E-state index in [2.05, 4.69) is 32.5 Å². The van der Waals surface area contributed by atoms with Gasteiger partial charge in [-0.05, 0) is 47.0 Å².